The molecule has 1 aliphatic heterocycles. The van der Waals surface area contributed by atoms with Crippen LogP contribution in [0.4, 0.5) is 0 Å². The van der Waals surface area contributed by atoms with Crippen LogP contribution in [0.25, 0.3) is 0 Å². The van der Waals surface area contributed by atoms with E-state index in [9.17, 15) is 5.11 Å². The lowest BCUT2D eigenvalue weighted by atomic mass is 9.96. The Bertz CT molecular complexity index is 392. The number of aliphatic hydroxyl groups excluding tert-OH is 1. The number of fused-ring (bicyclic) bond motifs is 1. The minimum absolute atomic E-state index is 0.104. The number of aliphatic hydroxyl groups is 1. The van der Waals surface area contributed by atoms with E-state index in [1.54, 1.807) is 0 Å². The Balaban J connectivity index is 1.60. The Labute approximate surface area is 108 Å². The van der Waals surface area contributed by atoms with E-state index in [0.717, 1.165) is 38.4 Å². The number of hydrogen-bond acceptors (Lipinski definition) is 4. The fraction of sp³-hybridized carbons (Fsp3) is 0.846. The molecule has 2 atom stereocenters. The predicted octanol–water partition coefficient (Wildman–Crippen LogP) is 1.03. The van der Waals surface area contributed by atoms with Crippen molar-refractivity contribution in [2.75, 3.05) is 13.1 Å². The molecule has 2 aliphatic rings. The molecule has 5 heteroatoms. The van der Waals surface area contributed by atoms with Crippen molar-refractivity contribution in [3.63, 3.8) is 0 Å². The molecule has 3 rings (SSSR count). The van der Waals surface area contributed by atoms with Crippen LogP contribution < -0.4 is 0 Å². The van der Waals surface area contributed by atoms with Gasteiger partial charge in [0.15, 0.2) is 0 Å². The lowest BCUT2D eigenvalue weighted by molar-refractivity contribution is 0.0652. The van der Waals surface area contributed by atoms with Crippen molar-refractivity contribution in [3.8, 4) is 0 Å². The van der Waals surface area contributed by atoms with Crippen molar-refractivity contribution >= 4 is 0 Å². The molecule has 2 unspecified atom stereocenters. The molecule has 1 aromatic rings. The molecule has 1 aromatic heterocycles. The molecule has 1 N–H and O–H groups in total. The molecule has 0 radical (unpaired) electrons. The Morgan fingerprint density at radius 1 is 1.22 bits per heavy atom. The Kier molecular flexibility index (Phi) is 3.61. The minimum atomic E-state index is -0.104. The number of rotatable bonds is 2. The van der Waals surface area contributed by atoms with Crippen LogP contribution in [-0.2, 0) is 13.1 Å². The van der Waals surface area contributed by atoms with Gasteiger partial charge in [-0.15, -0.1) is 10.2 Å². The van der Waals surface area contributed by atoms with Gasteiger partial charge >= 0.3 is 0 Å². The molecule has 0 bridgehead atoms. The zero-order valence-corrected chi connectivity index (χ0v) is 10.8. The zero-order valence-electron chi connectivity index (χ0n) is 10.8. The quantitative estimate of drug-likeness (QED) is 0.797. The highest BCUT2D eigenvalue weighted by Crippen LogP contribution is 2.25. The van der Waals surface area contributed by atoms with Gasteiger partial charge in [-0.3, -0.25) is 4.90 Å². The van der Waals surface area contributed by atoms with E-state index >= 15 is 0 Å². The first-order valence-electron chi connectivity index (χ1n) is 7.10. The van der Waals surface area contributed by atoms with Gasteiger partial charge in [-0.2, -0.15) is 0 Å². The fourth-order valence-electron chi connectivity index (χ4n) is 3.18. The first kappa shape index (κ1) is 12.1. The summed E-state index contributed by atoms with van der Waals surface area (Å²) in [4.78, 5) is 2.42. The van der Waals surface area contributed by atoms with E-state index in [1.807, 2.05) is 6.33 Å². The van der Waals surface area contributed by atoms with Crippen LogP contribution >= 0.6 is 0 Å². The summed E-state index contributed by atoms with van der Waals surface area (Å²) >= 11 is 0. The van der Waals surface area contributed by atoms with Gasteiger partial charge in [0.1, 0.15) is 12.2 Å². The topological polar surface area (TPSA) is 54.2 Å². The molecule has 1 fully saturated rings. The first-order chi connectivity index (χ1) is 8.83. The van der Waals surface area contributed by atoms with Gasteiger partial charge in [0.25, 0.3) is 0 Å². The Morgan fingerprint density at radius 3 is 3.06 bits per heavy atom. The second-order valence-electron chi connectivity index (χ2n) is 5.64. The lowest BCUT2D eigenvalue weighted by Crippen LogP contribution is -2.39. The van der Waals surface area contributed by atoms with E-state index in [0.29, 0.717) is 5.92 Å². The van der Waals surface area contributed by atoms with Crippen LogP contribution in [0.2, 0.25) is 0 Å². The highest BCUT2D eigenvalue weighted by molar-refractivity contribution is 4.90. The van der Waals surface area contributed by atoms with Crippen LogP contribution in [0.1, 0.15) is 37.9 Å². The van der Waals surface area contributed by atoms with E-state index < -0.39 is 0 Å². The van der Waals surface area contributed by atoms with Crippen LogP contribution in [0.5, 0.6) is 0 Å². The summed E-state index contributed by atoms with van der Waals surface area (Å²) in [5.74, 6) is 1.51. The molecule has 1 aliphatic carbocycles. The van der Waals surface area contributed by atoms with Gasteiger partial charge in [0, 0.05) is 19.6 Å². The van der Waals surface area contributed by atoms with Crippen molar-refractivity contribution < 1.29 is 5.11 Å². The highest BCUT2D eigenvalue weighted by Gasteiger charge is 2.26. The van der Waals surface area contributed by atoms with Crippen LogP contribution in [0.15, 0.2) is 6.33 Å². The number of nitrogens with zero attached hydrogens (tertiary/aromatic N) is 4. The second kappa shape index (κ2) is 5.36. The smallest absolute Gasteiger partial charge is 0.147 e. The fourth-order valence-corrected chi connectivity index (χ4v) is 3.18. The van der Waals surface area contributed by atoms with E-state index in [4.69, 9.17) is 0 Å². The third-order valence-electron chi connectivity index (χ3n) is 4.33. The van der Waals surface area contributed by atoms with Gasteiger partial charge in [-0.1, -0.05) is 19.3 Å². The van der Waals surface area contributed by atoms with Crippen LogP contribution in [0, 0.1) is 5.92 Å². The molecule has 0 amide bonds. The SMILES string of the molecule is OC1CCCCCC1CN1CCn2cnnc2C1. The zero-order chi connectivity index (χ0) is 12.4. The van der Waals surface area contributed by atoms with E-state index in [-0.39, 0.29) is 6.10 Å². The molecule has 18 heavy (non-hydrogen) atoms. The van der Waals surface area contributed by atoms with Crippen molar-refractivity contribution in [1.82, 2.24) is 19.7 Å². The Hall–Kier alpha value is -0.940. The van der Waals surface area contributed by atoms with Crippen LogP contribution in [0.3, 0.4) is 0 Å². The summed E-state index contributed by atoms with van der Waals surface area (Å²) in [7, 11) is 0. The summed E-state index contributed by atoms with van der Waals surface area (Å²) < 4.78 is 2.13. The lowest BCUT2D eigenvalue weighted by Gasteiger charge is -2.31. The average Bonchev–Trinajstić information content (AvgIpc) is 2.75. The average molecular weight is 250 g/mol. The van der Waals surface area contributed by atoms with Gasteiger partial charge in [0.05, 0.1) is 12.6 Å². The van der Waals surface area contributed by atoms with Crippen LogP contribution in [-0.4, -0.2) is 44.0 Å². The first-order valence-corrected chi connectivity index (χ1v) is 7.10. The van der Waals surface area contributed by atoms with E-state index in [2.05, 4.69) is 19.7 Å². The molecule has 2 heterocycles. The maximum atomic E-state index is 10.2. The summed E-state index contributed by atoms with van der Waals surface area (Å²) in [6.07, 6.45) is 7.60. The molecular weight excluding hydrogens is 228 g/mol. The normalized spacial score (nSPS) is 29.8. The molecule has 1 saturated carbocycles. The summed E-state index contributed by atoms with van der Waals surface area (Å²) in [5.41, 5.74) is 0. The standard InChI is InChI=1S/C13H22N4O/c18-12-5-3-1-2-4-11(12)8-16-6-7-17-10-14-15-13(17)9-16/h10-12,18H,1-9H2. The van der Waals surface area contributed by atoms with Crippen molar-refractivity contribution in [3.05, 3.63) is 12.2 Å². The summed E-state index contributed by atoms with van der Waals surface area (Å²) in [5, 5.41) is 18.3. The Morgan fingerprint density at radius 2 is 2.11 bits per heavy atom. The second-order valence-corrected chi connectivity index (χ2v) is 5.64. The molecule has 5 nitrogen and oxygen atoms in total. The number of aromatic nitrogens is 3. The molecule has 0 saturated heterocycles. The van der Waals surface area contributed by atoms with Gasteiger partial charge in [0.2, 0.25) is 0 Å². The number of hydrogen-bond donors (Lipinski definition) is 1. The molecular formula is C13H22N4O. The monoisotopic (exact) mass is 250 g/mol. The molecule has 0 aromatic carbocycles. The molecule has 0 spiro atoms. The minimum Gasteiger partial charge on any atom is -0.393 e. The van der Waals surface area contributed by atoms with E-state index in [1.165, 1.54) is 25.7 Å². The van der Waals surface area contributed by atoms with Crippen molar-refractivity contribution in [2.45, 2.75) is 51.3 Å². The maximum absolute atomic E-state index is 10.2. The van der Waals surface area contributed by atoms with Crippen molar-refractivity contribution in [2.24, 2.45) is 5.92 Å². The third kappa shape index (κ3) is 2.57. The van der Waals surface area contributed by atoms with Gasteiger partial charge in [-0.05, 0) is 18.8 Å². The van der Waals surface area contributed by atoms with Crippen molar-refractivity contribution in [1.29, 1.82) is 0 Å². The predicted molar refractivity (Wildman–Crippen MR) is 67.9 cm³/mol. The largest absolute Gasteiger partial charge is 0.393 e. The maximum Gasteiger partial charge on any atom is 0.147 e. The van der Waals surface area contributed by atoms with Gasteiger partial charge in [-0.25, -0.2) is 0 Å². The van der Waals surface area contributed by atoms with Gasteiger partial charge < -0.3 is 9.67 Å². The third-order valence-corrected chi connectivity index (χ3v) is 4.33. The highest BCUT2D eigenvalue weighted by atomic mass is 16.3. The molecule has 100 valence electrons. The summed E-state index contributed by atoms with van der Waals surface area (Å²) in [6.45, 7) is 3.91. The summed E-state index contributed by atoms with van der Waals surface area (Å²) in [6, 6.07) is 0.